The van der Waals surface area contributed by atoms with Gasteiger partial charge in [-0.25, -0.2) is 14.4 Å². The number of ether oxygens (including phenoxy) is 3. The van der Waals surface area contributed by atoms with Crippen molar-refractivity contribution in [3.8, 4) is 11.5 Å². The van der Waals surface area contributed by atoms with Crippen molar-refractivity contribution in [2.24, 2.45) is 11.8 Å². The van der Waals surface area contributed by atoms with E-state index in [-0.39, 0.29) is 5.02 Å². The van der Waals surface area contributed by atoms with Crippen molar-refractivity contribution in [2.75, 3.05) is 79.1 Å². The Labute approximate surface area is 253 Å². The average molecular weight is 601 g/mol. The number of rotatable bonds is 12. The maximum absolute atomic E-state index is 13.5. The molecule has 228 valence electrons. The fourth-order valence-corrected chi connectivity index (χ4v) is 5.69. The van der Waals surface area contributed by atoms with E-state index in [1.54, 1.807) is 20.3 Å². The summed E-state index contributed by atoms with van der Waals surface area (Å²) in [5.41, 5.74) is 1.34. The van der Waals surface area contributed by atoms with Gasteiger partial charge in [0.2, 0.25) is 0 Å². The molecule has 0 saturated carbocycles. The normalized spacial score (nSPS) is 18.6. The van der Waals surface area contributed by atoms with Crippen LogP contribution in [0.3, 0.4) is 0 Å². The first-order valence-electron chi connectivity index (χ1n) is 14.4. The van der Waals surface area contributed by atoms with Gasteiger partial charge in [0.15, 0.2) is 11.5 Å². The van der Waals surface area contributed by atoms with E-state index in [1.165, 1.54) is 44.6 Å². The van der Waals surface area contributed by atoms with Crippen LogP contribution in [0.2, 0.25) is 5.02 Å². The molecule has 0 spiro atoms. The Hall–Kier alpha value is -3.18. The van der Waals surface area contributed by atoms with Gasteiger partial charge >= 0.3 is 0 Å². The zero-order valence-corrected chi connectivity index (χ0v) is 25.7. The van der Waals surface area contributed by atoms with Gasteiger partial charge in [-0.05, 0) is 61.3 Å². The molecule has 2 atom stereocenters. The van der Waals surface area contributed by atoms with Crippen molar-refractivity contribution >= 4 is 34.0 Å². The summed E-state index contributed by atoms with van der Waals surface area (Å²) >= 11 is 5.93. The number of halogens is 2. The van der Waals surface area contributed by atoms with Crippen LogP contribution in [0.1, 0.15) is 13.3 Å². The van der Waals surface area contributed by atoms with Gasteiger partial charge in [0, 0.05) is 64.0 Å². The number of nitrogens with zero attached hydrogens (tertiary/aromatic N) is 4. The van der Waals surface area contributed by atoms with E-state index in [0.717, 1.165) is 36.7 Å². The molecule has 0 amide bonds. The van der Waals surface area contributed by atoms with Crippen molar-refractivity contribution < 1.29 is 18.6 Å². The van der Waals surface area contributed by atoms with Crippen LogP contribution in [-0.4, -0.2) is 93.5 Å². The van der Waals surface area contributed by atoms with Crippen LogP contribution in [0.25, 0.3) is 10.9 Å². The lowest BCUT2D eigenvalue weighted by Gasteiger charge is -2.20. The topological polar surface area (TPSA) is 84.0 Å². The van der Waals surface area contributed by atoms with E-state index < -0.39 is 5.82 Å². The second kappa shape index (κ2) is 15.9. The SMILES string of the molecule is CCN1CC2CN(CCCOc3cc4c(Nc5ccc(F)c(Cl)c5)ncnc4cc3OC)CC2C1.CN/C=C/COC. The lowest BCUT2D eigenvalue weighted by molar-refractivity contribution is 0.231. The number of benzene rings is 2. The number of aromatic nitrogens is 2. The summed E-state index contributed by atoms with van der Waals surface area (Å²) in [6.07, 6.45) is 6.16. The molecule has 3 aromatic rings. The molecule has 5 rings (SSSR count). The zero-order valence-electron chi connectivity index (χ0n) is 24.9. The smallest absolute Gasteiger partial charge is 0.162 e. The maximum atomic E-state index is 13.5. The van der Waals surface area contributed by atoms with Gasteiger partial charge in [-0.2, -0.15) is 0 Å². The Bertz CT molecular complexity index is 1320. The third-order valence-corrected chi connectivity index (χ3v) is 7.90. The van der Waals surface area contributed by atoms with Gasteiger partial charge in [0.25, 0.3) is 0 Å². The molecule has 2 unspecified atom stereocenters. The van der Waals surface area contributed by atoms with Crippen molar-refractivity contribution in [1.29, 1.82) is 0 Å². The van der Waals surface area contributed by atoms with E-state index in [4.69, 9.17) is 25.8 Å². The van der Waals surface area contributed by atoms with Crippen molar-refractivity contribution in [2.45, 2.75) is 13.3 Å². The summed E-state index contributed by atoms with van der Waals surface area (Å²) < 4.78 is 30.0. The highest BCUT2D eigenvalue weighted by atomic mass is 35.5. The van der Waals surface area contributed by atoms with E-state index in [0.29, 0.717) is 41.7 Å². The number of anilines is 2. The van der Waals surface area contributed by atoms with Crippen LogP contribution in [0.4, 0.5) is 15.9 Å². The Balaban J connectivity index is 0.000000517. The van der Waals surface area contributed by atoms with Crippen LogP contribution in [-0.2, 0) is 4.74 Å². The summed E-state index contributed by atoms with van der Waals surface area (Å²) in [5.74, 6) is 3.02. The third kappa shape index (κ3) is 8.44. The number of methoxy groups -OCH3 is 2. The predicted molar refractivity (Wildman–Crippen MR) is 167 cm³/mol. The van der Waals surface area contributed by atoms with Crippen molar-refractivity contribution in [1.82, 2.24) is 25.1 Å². The van der Waals surface area contributed by atoms with Crippen LogP contribution in [0.15, 0.2) is 48.9 Å². The molecule has 42 heavy (non-hydrogen) atoms. The summed E-state index contributed by atoms with van der Waals surface area (Å²) in [5, 5.41) is 6.86. The molecule has 0 radical (unpaired) electrons. The van der Waals surface area contributed by atoms with Crippen LogP contribution in [0, 0.1) is 17.7 Å². The van der Waals surface area contributed by atoms with Crippen LogP contribution in [0.5, 0.6) is 11.5 Å². The molecule has 2 aromatic carbocycles. The summed E-state index contributed by atoms with van der Waals surface area (Å²) in [4.78, 5) is 13.9. The van der Waals surface area contributed by atoms with E-state index in [9.17, 15) is 4.39 Å². The van der Waals surface area contributed by atoms with Gasteiger partial charge < -0.3 is 34.6 Å². The Morgan fingerprint density at radius 1 is 1.05 bits per heavy atom. The molecule has 2 aliphatic rings. The fraction of sp³-hybridized carbons (Fsp3) is 0.484. The van der Waals surface area contributed by atoms with Gasteiger partial charge in [-0.1, -0.05) is 18.5 Å². The maximum Gasteiger partial charge on any atom is 0.162 e. The standard InChI is InChI=1S/C26H31ClFN5O2.C5H11NO/c1-3-32-12-17-14-33(15-18(17)13-32)7-4-8-35-25-10-20-23(11-24(25)34-2)29-16-30-26(20)31-19-5-6-22(28)21(27)9-19;1-6-4-3-5-7-2/h5-6,9-11,16-18H,3-4,7-8,12-15H2,1-2H3,(H,29,30,31);3-4,6H,5H2,1-2H3/b;4-3+. The minimum atomic E-state index is -0.467. The molecule has 2 saturated heterocycles. The lowest BCUT2D eigenvalue weighted by atomic mass is 10.0. The van der Waals surface area contributed by atoms with Crippen molar-refractivity contribution in [3.63, 3.8) is 0 Å². The highest BCUT2D eigenvalue weighted by molar-refractivity contribution is 6.31. The Morgan fingerprint density at radius 2 is 1.81 bits per heavy atom. The number of nitrogens with one attached hydrogen (secondary N) is 2. The van der Waals surface area contributed by atoms with Crippen LogP contribution < -0.4 is 20.1 Å². The van der Waals surface area contributed by atoms with Gasteiger partial charge in [0.1, 0.15) is 18.0 Å². The first-order valence-corrected chi connectivity index (χ1v) is 14.8. The zero-order chi connectivity index (χ0) is 29.9. The van der Waals surface area contributed by atoms with Crippen molar-refractivity contribution in [3.05, 3.63) is 59.8 Å². The third-order valence-electron chi connectivity index (χ3n) is 7.61. The number of hydrogen-bond donors (Lipinski definition) is 2. The van der Waals surface area contributed by atoms with Gasteiger partial charge in [-0.15, -0.1) is 0 Å². The average Bonchev–Trinajstić information content (AvgIpc) is 3.56. The summed E-state index contributed by atoms with van der Waals surface area (Å²) in [6, 6.07) is 8.19. The molecule has 0 bridgehead atoms. The molecule has 9 nitrogen and oxygen atoms in total. The molecular weight excluding hydrogens is 559 g/mol. The predicted octanol–water partition coefficient (Wildman–Crippen LogP) is 5.19. The molecule has 0 aliphatic carbocycles. The monoisotopic (exact) mass is 600 g/mol. The van der Waals surface area contributed by atoms with Gasteiger partial charge in [-0.3, -0.25) is 0 Å². The minimum absolute atomic E-state index is 0.0448. The molecule has 1 aromatic heterocycles. The highest BCUT2D eigenvalue weighted by Gasteiger charge is 2.38. The molecule has 3 heterocycles. The fourth-order valence-electron chi connectivity index (χ4n) is 5.51. The quantitative estimate of drug-likeness (QED) is 0.273. The molecular formula is C31H42ClFN6O3. The number of likely N-dealkylation sites (tertiary alicyclic amines) is 2. The van der Waals surface area contributed by atoms with Gasteiger partial charge in [0.05, 0.1) is 30.9 Å². The second-order valence-electron chi connectivity index (χ2n) is 10.5. The van der Waals surface area contributed by atoms with E-state index in [1.807, 2.05) is 31.5 Å². The molecule has 11 heteroatoms. The lowest BCUT2D eigenvalue weighted by Crippen LogP contribution is -2.29. The molecule has 2 aliphatic heterocycles. The summed E-state index contributed by atoms with van der Waals surface area (Å²) in [7, 11) is 5.14. The molecule has 2 fully saturated rings. The molecule has 2 N–H and O–H groups in total. The largest absolute Gasteiger partial charge is 0.493 e. The number of hydrogen-bond acceptors (Lipinski definition) is 9. The minimum Gasteiger partial charge on any atom is -0.493 e. The second-order valence-corrected chi connectivity index (χ2v) is 10.9. The van der Waals surface area contributed by atoms with E-state index in [2.05, 4.69) is 37.3 Å². The first kappa shape index (κ1) is 31.7. The van der Waals surface area contributed by atoms with Crippen LogP contribution >= 0.6 is 11.6 Å². The Kier molecular flexibility index (Phi) is 12.0. The summed E-state index contributed by atoms with van der Waals surface area (Å²) in [6.45, 7) is 10.6. The Morgan fingerprint density at radius 3 is 2.48 bits per heavy atom. The first-order chi connectivity index (χ1) is 20.4. The van der Waals surface area contributed by atoms with E-state index >= 15 is 0 Å². The number of fused-ring (bicyclic) bond motifs is 2. The highest BCUT2D eigenvalue weighted by Crippen LogP contribution is 2.35.